The van der Waals surface area contributed by atoms with E-state index in [9.17, 15) is 0 Å². The summed E-state index contributed by atoms with van der Waals surface area (Å²) in [5, 5.41) is 0. The van der Waals surface area contributed by atoms with Gasteiger partial charge in [0.1, 0.15) is 0 Å². The lowest BCUT2D eigenvalue weighted by molar-refractivity contribution is 0.00538. The average Bonchev–Trinajstić information content (AvgIpc) is 2.74. The minimum absolute atomic E-state index is 0.685. The predicted molar refractivity (Wildman–Crippen MR) is 78.3 cm³/mol. The first-order valence-corrected chi connectivity index (χ1v) is 8.25. The minimum Gasteiger partial charge on any atom is -0.381 e. The predicted octanol–water partition coefficient (Wildman–Crippen LogP) is 2.08. The van der Waals surface area contributed by atoms with E-state index in [0.717, 1.165) is 25.0 Å². The summed E-state index contributed by atoms with van der Waals surface area (Å²) in [5.41, 5.74) is 0.685. The summed E-state index contributed by atoms with van der Waals surface area (Å²) in [5.74, 6) is 1.82. The average molecular weight is 266 g/mol. The van der Waals surface area contributed by atoms with Crippen LogP contribution in [0.4, 0.5) is 0 Å². The van der Waals surface area contributed by atoms with Gasteiger partial charge in [0.05, 0.1) is 0 Å². The van der Waals surface area contributed by atoms with Crippen LogP contribution in [0.1, 0.15) is 33.1 Å². The first kappa shape index (κ1) is 13.8. The molecular formula is C16H30N2O. The molecule has 110 valence electrons. The van der Waals surface area contributed by atoms with Crippen molar-refractivity contribution in [3.05, 3.63) is 0 Å². The quantitative estimate of drug-likeness (QED) is 0.732. The molecule has 0 aromatic heterocycles. The molecule has 1 spiro atoms. The van der Waals surface area contributed by atoms with Crippen LogP contribution in [0, 0.1) is 17.3 Å². The molecule has 3 aliphatic rings. The molecule has 3 fully saturated rings. The van der Waals surface area contributed by atoms with Crippen molar-refractivity contribution in [1.82, 2.24) is 9.80 Å². The number of hydrogen-bond acceptors (Lipinski definition) is 3. The number of likely N-dealkylation sites (tertiary alicyclic amines) is 2. The highest BCUT2D eigenvalue weighted by molar-refractivity contribution is 5.01. The highest BCUT2D eigenvalue weighted by Gasteiger charge is 2.47. The van der Waals surface area contributed by atoms with E-state index in [1.807, 2.05) is 0 Å². The van der Waals surface area contributed by atoms with Crippen molar-refractivity contribution in [3.63, 3.8) is 0 Å². The second kappa shape index (κ2) is 5.71. The fourth-order valence-corrected chi connectivity index (χ4v) is 4.38. The van der Waals surface area contributed by atoms with Crippen LogP contribution in [0.2, 0.25) is 0 Å². The van der Waals surface area contributed by atoms with Gasteiger partial charge < -0.3 is 14.5 Å². The van der Waals surface area contributed by atoms with Crippen LogP contribution in [0.3, 0.4) is 0 Å². The van der Waals surface area contributed by atoms with Gasteiger partial charge in [-0.25, -0.2) is 0 Å². The summed E-state index contributed by atoms with van der Waals surface area (Å²) in [6.45, 7) is 14.3. The monoisotopic (exact) mass is 266 g/mol. The van der Waals surface area contributed by atoms with Crippen molar-refractivity contribution >= 4 is 0 Å². The van der Waals surface area contributed by atoms with E-state index >= 15 is 0 Å². The molecule has 0 bridgehead atoms. The third-order valence-corrected chi connectivity index (χ3v) is 5.49. The van der Waals surface area contributed by atoms with Gasteiger partial charge in [-0.1, -0.05) is 6.92 Å². The van der Waals surface area contributed by atoms with E-state index in [4.69, 9.17) is 4.74 Å². The Kier molecular flexibility index (Phi) is 4.16. The van der Waals surface area contributed by atoms with E-state index in [2.05, 4.69) is 23.6 Å². The van der Waals surface area contributed by atoms with E-state index in [1.165, 1.54) is 58.5 Å². The summed E-state index contributed by atoms with van der Waals surface area (Å²) < 4.78 is 5.52. The Morgan fingerprint density at radius 3 is 2.47 bits per heavy atom. The summed E-state index contributed by atoms with van der Waals surface area (Å²) in [6, 6.07) is 0. The Morgan fingerprint density at radius 1 is 1.05 bits per heavy atom. The summed E-state index contributed by atoms with van der Waals surface area (Å²) in [7, 11) is 0. The molecule has 0 amide bonds. The summed E-state index contributed by atoms with van der Waals surface area (Å²) >= 11 is 0. The molecule has 0 aromatic carbocycles. The smallest absolute Gasteiger partial charge is 0.0494 e. The number of rotatable bonds is 6. The Hall–Kier alpha value is -0.120. The molecule has 1 saturated carbocycles. The molecule has 3 heteroatoms. The minimum atomic E-state index is 0.685. The molecule has 0 unspecified atom stereocenters. The summed E-state index contributed by atoms with van der Waals surface area (Å²) in [4.78, 5) is 5.33. The lowest BCUT2D eigenvalue weighted by Crippen LogP contribution is -2.57. The zero-order valence-electron chi connectivity index (χ0n) is 12.7. The van der Waals surface area contributed by atoms with Gasteiger partial charge in [-0.05, 0) is 51.1 Å². The lowest BCUT2D eigenvalue weighted by atomic mass is 9.75. The maximum absolute atomic E-state index is 5.52. The van der Waals surface area contributed by atoms with Gasteiger partial charge in [0.2, 0.25) is 0 Å². The lowest BCUT2D eigenvalue weighted by Gasteiger charge is -2.48. The highest BCUT2D eigenvalue weighted by Crippen LogP contribution is 2.41. The molecule has 2 heterocycles. The van der Waals surface area contributed by atoms with Gasteiger partial charge in [-0.2, -0.15) is 0 Å². The maximum atomic E-state index is 5.52. The van der Waals surface area contributed by atoms with Crippen LogP contribution >= 0.6 is 0 Å². The third kappa shape index (κ3) is 2.98. The zero-order valence-corrected chi connectivity index (χ0v) is 12.7. The van der Waals surface area contributed by atoms with Crippen LogP contribution < -0.4 is 0 Å². The molecule has 0 N–H and O–H groups in total. The van der Waals surface area contributed by atoms with Gasteiger partial charge >= 0.3 is 0 Å². The number of ether oxygens (including phenoxy) is 1. The first-order valence-electron chi connectivity index (χ1n) is 8.25. The molecule has 0 radical (unpaired) electrons. The molecule has 3 nitrogen and oxygen atoms in total. The van der Waals surface area contributed by atoms with Crippen molar-refractivity contribution in [2.45, 2.75) is 33.1 Å². The third-order valence-electron chi connectivity index (χ3n) is 5.49. The molecule has 2 aliphatic heterocycles. The molecule has 3 rings (SSSR count). The second-order valence-electron chi connectivity index (χ2n) is 7.15. The molecule has 0 atom stereocenters. The largest absolute Gasteiger partial charge is 0.381 e. The van der Waals surface area contributed by atoms with E-state index in [1.54, 1.807) is 0 Å². The first-order chi connectivity index (χ1) is 9.23. The molecule has 2 saturated heterocycles. The van der Waals surface area contributed by atoms with Crippen LogP contribution in [-0.2, 0) is 4.74 Å². The van der Waals surface area contributed by atoms with Crippen molar-refractivity contribution in [1.29, 1.82) is 0 Å². The fraction of sp³-hybridized carbons (Fsp3) is 1.00. The Balaban J connectivity index is 1.33. The maximum Gasteiger partial charge on any atom is 0.0494 e. The number of hydrogen-bond donors (Lipinski definition) is 0. The van der Waals surface area contributed by atoms with E-state index < -0.39 is 0 Å². The van der Waals surface area contributed by atoms with Crippen molar-refractivity contribution in [2.75, 3.05) is 52.5 Å². The molecule has 0 aromatic rings. The van der Waals surface area contributed by atoms with Crippen LogP contribution in [0.5, 0.6) is 0 Å². The van der Waals surface area contributed by atoms with Gasteiger partial charge in [0, 0.05) is 44.8 Å². The van der Waals surface area contributed by atoms with Crippen LogP contribution in [0.25, 0.3) is 0 Å². The van der Waals surface area contributed by atoms with Crippen molar-refractivity contribution in [3.8, 4) is 0 Å². The van der Waals surface area contributed by atoms with Gasteiger partial charge in [0.25, 0.3) is 0 Å². The topological polar surface area (TPSA) is 15.7 Å². The van der Waals surface area contributed by atoms with E-state index in [0.29, 0.717) is 5.41 Å². The fourth-order valence-electron chi connectivity index (χ4n) is 4.38. The Labute approximate surface area is 118 Å². The van der Waals surface area contributed by atoms with Crippen LogP contribution in [0.15, 0.2) is 0 Å². The molecule has 19 heavy (non-hydrogen) atoms. The van der Waals surface area contributed by atoms with E-state index in [-0.39, 0.29) is 0 Å². The standard InChI is InChI=1S/C16H30N2O/c1-3-17-11-16(12-17)5-6-18(13-16)9-14-7-15(8-14)10-19-4-2/h14-15H,3-13H2,1-2H3. The normalized spacial score (nSPS) is 34.4. The SMILES string of the molecule is CCOCC1CC(CN2CCC3(C2)CN(CC)C3)C1. The van der Waals surface area contributed by atoms with Crippen molar-refractivity contribution in [2.24, 2.45) is 17.3 Å². The summed E-state index contributed by atoms with van der Waals surface area (Å²) in [6.07, 6.45) is 4.26. The Morgan fingerprint density at radius 2 is 1.79 bits per heavy atom. The second-order valence-corrected chi connectivity index (χ2v) is 7.15. The molecular weight excluding hydrogens is 236 g/mol. The van der Waals surface area contributed by atoms with Gasteiger partial charge in [-0.3, -0.25) is 0 Å². The zero-order chi connectivity index (χ0) is 13.3. The Bertz CT molecular complexity index is 295. The van der Waals surface area contributed by atoms with Gasteiger partial charge in [0.15, 0.2) is 0 Å². The highest BCUT2D eigenvalue weighted by atomic mass is 16.5. The number of nitrogens with zero attached hydrogens (tertiary/aromatic N) is 2. The molecule has 1 aliphatic carbocycles. The van der Waals surface area contributed by atoms with Gasteiger partial charge in [-0.15, -0.1) is 0 Å². The van der Waals surface area contributed by atoms with Crippen LogP contribution in [-0.4, -0.2) is 62.3 Å². The van der Waals surface area contributed by atoms with Crippen molar-refractivity contribution < 1.29 is 4.74 Å².